The van der Waals surface area contributed by atoms with E-state index < -0.39 is 5.97 Å². The van der Waals surface area contributed by atoms with Gasteiger partial charge in [-0.15, -0.1) is 0 Å². The molecule has 2 aliphatic carbocycles. The van der Waals surface area contributed by atoms with E-state index in [0.717, 1.165) is 6.92 Å². The fourth-order valence-corrected chi connectivity index (χ4v) is 1.66. The maximum atomic E-state index is 9.00. The van der Waals surface area contributed by atoms with E-state index in [1.54, 1.807) is 19.3 Å². The first-order valence-electron chi connectivity index (χ1n) is 3.89. The van der Waals surface area contributed by atoms with Gasteiger partial charge in [0.25, 0.3) is 5.97 Å². The number of rotatable bonds is 0. The van der Waals surface area contributed by atoms with Crippen molar-refractivity contribution < 1.29 is 9.90 Å². The lowest BCUT2D eigenvalue weighted by Crippen LogP contribution is -1.78. The predicted octanol–water partition coefficient (Wildman–Crippen LogP) is 1.90. The third kappa shape index (κ3) is 2.38. The number of carboxylic acid groups (broad SMARTS) is 1. The minimum Gasteiger partial charge on any atom is -0.481 e. The number of carbonyl (C=O) groups is 1. The highest BCUT2D eigenvalue weighted by molar-refractivity contribution is 5.62. The van der Waals surface area contributed by atoms with Crippen molar-refractivity contribution >= 4 is 5.97 Å². The van der Waals surface area contributed by atoms with Crippen LogP contribution in [0.15, 0.2) is 0 Å². The molecule has 2 fully saturated rings. The average molecular weight is 142 g/mol. The Kier molecular flexibility index (Phi) is 2.30. The Morgan fingerprint density at radius 3 is 1.90 bits per heavy atom. The van der Waals surface area contributed by atoms with Gasteiger partial charge >= 0.3 is 0 Å². The molecule has 2 nitrogen and oxygen atoms in total. The lowest BCUT2D eigenvalue weighted by atomic mass is 10.3. The first kappa shape index (κ1) is 7.58. The second-order valence-electron chi connectivity index (χ2n) is 3.21. The molecule has 0 radical (unpaired) electrons. The molecule has 2 atom stereocenters. The van der Waals surface area contributed by atoms with Crippen molar-refractivity contribution in [1.82, 2.24) is 0 Å². The minimum absolute atomic E-state index is 0.833. The zero-order valence-electron chi connectivity index (χ0n) is 6.34. The molecule has 0 amide bonds. The molecule has 0 aliphatic heterocycles. The monoisotopic (exact) mass is 142 g/mol. The standard InChI is InChI=1S/C6H10.C2H4O2/c1-2-5-4-6(5)3-1;1-2(3)4/h5-6H,1-4H2;1H3,(H,3,4). The molecular formula is C8H14O2. The Bertz CT molecular complexity index is 119. The van der Waals surface area contributed by atoms with Gasteiger partial charge in [-0.25, -0.2) is 0 Å². The molecular weight excluding hydrogens is 128 g/mol. The molecule has 0 heterocycles. The molecule has 58 valence electrons. The second kappa shape index (κ2) is 3.04. The minimum atomic E-state index is -0.833. The quantitative estimate of drug-likeness (QED) is 0.560. The van der Waals surface area contributed by atoms with Gasteiger partial charge in [0.1, 0.15) is 0 Å². The predicted molar refractivity (Wildman–Crippen MR) is 38.8 cm³/mol. The van der Waals surface area contributed by atoms with E-state index in [2.05, 4.69) is 0 Å². The van der Waals surface area contributed by atoms with Crippen molar-refractivity contribution in [3.8, 4) is 0 Å². The van der Waals surface area contributed by atoms with Gasteiger partial charge < -0.3 is 5.11 Å². The average Bonchev–Trinajstić information content (AvgIpc) is 2.40. The van der Waals surface area contributed by atoms with Crippen molar-refractivity contribution in [1.29, 1.82) is 0 Å². The molecule has 0 saturated heterocycles. The van der Waals surface area contributed by atoms with E-state index in [1.165, 1.54) is 18.3 Å². The van der Waals surface area contributed by atoms with Crippen LogP contribution in [0, 0.1) is 11.8 Å². The molecule has 0 aromatic carbocycles. The first-order valence-corrected chi connectivity index (χ1v) is 3.89. The Morgan fingerprint density at radius 2 is 1.80 bits per heavy atom. The number of carboxylic acids is 1. The molecule has 10 heavy (non-hydrogen) atoms. The van der Waals surface area contributed by atoms with Gasteiger partial charge in [0.05, 0.1) is 0 Å². The van der Waals surface area contributed by atoms with Crippen LogP contribution < -0.4 is 0 Å². The lowest BCUT2D eigenvalue weighted by Gasteiger charge is -1.80. The third-order valence-electron chi connectivity index (χ3n) is 2.22. The Balaban J connectivity index is 0.000000112. The summed E-state index contributed by atoms with van der Waals surface area (Å²) < 4.78 is 0. The Labute approximate surface area is 61.2 Å². The van der Waals surface area contributed by atoms with E-state index >= 15 is 0 Å². The summed E-state index contributed by atoms with van der Waals surface area (Å²) >= 11 is 0. The van der Waals surface area contributed by atoms with Crippen molar-refractivity contribution in [3.05, 3.63) is 0 Å². The zero-order chi connectivity index (χ0) is 7.56. The summed E-state index contributed by atoms with van der Waals surface area (Å²) in [6.07, 6.45) is 6.24. The summed E-state index contributed by atoms with van der Waals surface area (Å²) in [4.78, 5) is 9.00. The first-order chi connectivity index (χ1) is 4.70. The van der Waals surface area contributed by atoms with Crippen LogP contribution in [0.3, 0.4) is 0 Å². The number of fused-ring (bicyclic) bond motifs is 1. The van der Waals surface area contributed by atoms with E-state index in [1.807, 2.05) is 0 Å². The van der Waals surface area contributed by atoms with Crippen LogP contribution in [0.5, 0.6) is 0 Å². The fraction of sp³-hybridized carbons (Fsp3) is 0.875. The summed E-state index contributed by atoms with van der Waals surface area (Å²) in [5.41, 5.74) is 0. The summed E-state index contributed by atoms with van der Waals surface area (Å²) in [5.74, 6) is 1.59. The Hall–Kier alpha value is -0.530. The highest BCUT2D eigenvalue weighted by atomic mass is 16.4. The molecule has 0 aromatic rings. The number of hydrogen-bond donors (Lipinski definition) is 1. The smallest absolute Gasteiger partial charge is 0.300 e. The van der Waals surface area contributed by atoms with E-state index in [0.29, 0.717) is 0 Å². The van der Waals surface area contributed by atoms with Crippen LogP contribution in [0.25, 0.3) is 0 Å². The lowest BCUT2D eigenvalue weighted by molar-refractivity contribution is -0.134. The summed E-state index contributed by atoms with van der Waals surface area (Å²) in [6, 6.07) is 0. The van der Waals surface area contributed by atoms with E-state index in [4.69, 9.17) is 9.90 Å². The van der Waals surface area contributed by atoms with Gasteiger partial charge in [0.15, 0.2) is 0 Å². The number of hydrogen-bond acceptors (Lipinski definition) is 1. The summed E-state index contributed by atoms with van der Waals surface area (Å²) in [6.45, 7) is 1.08. The number of aliphatic carboxylic acids is 1. The SMILES string of the molecule is C1CC2CC2C1.CC(=O)O. The summed E-state index contributed by atoms with van der Waals surface area (Å²) in [7, 11) is 0. The maximum Gasteiger partial charge on any atom is 0.300 e. The molecule has 2 aliphatic rings. The molecule has 2 heteroatoms. The third-order valence-corrected chi connectivity index (χ3v) is 2.22. The van der Waals surface area contributed by atoms with Crippen molar-refractivity contribution in [2.45, 2.75) is 32.6 Å². The van der Waals surface area contributed by atoms with Gasteiger partial charge in [-0.2, -0.15) is 0 Å². The van der Waals surface area contributed by atoms with Gasteiger partial charge in [0.2, 0.25) is 0 Å². The highest BCUT2D eigenvalue weighted by Gasteiger charge is 2.40. The largest absolute Gasteiger partial charge is 0.481 e. The fourth-order valence-electron chi connectivity index (χ4n) is 1.66. The topological polar surface area (TPSA) is 37.3 Å². The molecule has 1 N–H and O–H groups in total. The second-order valence-corrected chi connectivity index (χ2v) is 3.21. The van der Waals surface area contributed by atoms with Crippen molar-refractivity contribution in [2.24, 2.45) is 11.8 Å². The maximum absolute atomic E-state index is 9.00. The van der Waals surface area contributed by atoms with Crippen LogP contribution in [0.2, 0.25) is 0 Å². The molecule has 0 aromatic heterocycles. The Morgan fingerprint density at radius 1 is 1.40 bits per heavy atom. The molecule has 0 bridgehead atoms. The molecule has 2 rings (SSSR count). The summed E-state index contributed by atoms with van der Waals surface area (Å²) in [5, 5.41) is 7.42. The van der Waals surface area contributed by atoms with Crippen molar-refractivity contribution in [2.75, 3.05) is 0 Å². The molecule has 0 spiro atoms. The normalized spacial score (nSPS) is 33.7. The molecule has 2 saturated carbocycles. The van der Waals surface area contributed by atoms with Crippen LogP contribution >= 0.6 is 0 Å². The molecule has 2 unspecified atom stereocenters. The van der Waals surface area contributed by atoms with E-state index in [9.17, 15) is 0 Å². The van der Waals surface area contributed by atoms with Gasteiger partial charge in [-0.05, 0) is 18.3 Å². The van der Waals surface area contributed by atoms with Crippen LogP contribution in [0.1, 0.15) is 32.6 Å². The zero-order valence-corrected chi connectivity index (χ0v) is 6.34. The van der Waals surface area contributed by atoms with E-state index in [-0.39, 0.29) is 0 Å². The van der Waals surface area contributed by atoms with Crippen LogP contribution in [-0.2, 0) is 4.79 Å². The van der Waals surface area contributed by atoms with Crippen molar-refractivity contribution in [3.63, 3.8) is 0 Å². The van der Waals surface area contributed by atoms with Crippen LogP contribution in [-0.4, -0.2) is 11.1 Å². The van der Waals surface area contributed by atoms with Crippen LogP contribution in [0.4, 0.5) is 0 Å². The van der Waals surface area contributed by atoms with Gasteiger partial charge in [-0.1, -0.05) is 19.3 Å². The highest BCUT2D eigenvalue weighted by Crippen LogP contribution is 2.51. The van der Waals surface area contributed by atoms with Gasteiger partial charge in [-0.3, -0.25) is 4.79 Å². The van der Waals surface area contributed by atoms with Gasteiger partial charge in [0, 0.05) is 6.92 Å².